The highest BCUT2D eigenvalue weighted by Crippen LogP contribution is 2.26. The summed E-state index contributed by atoms with van der Waals surface area (Å²) in [6, 6.07) is 7.98. The molecule has 0 saturated carbocycles. The van der Waals surface area contributed by atoms with E-state index in [4.69, 9.17) is 11.6 Å². The van der Waals surface area contributed by atoms with Gasteiger partial charge in [-0.05, 0) is 19.1 Å². The van der Waals surface area contributed by atoms with Crippen molar-refractivity contribution in [3.8, 4) is 0 Å². The number of ketones is 1. The van der Waals surface area contributed by atoms with Crippen molar-refractivity contribution < 1.29 is 4.79 Å². The molecule has 1 unspecified atom stereocenters. The van der Waals surface area contributed by atoms with Crippen LogP contribution in [-0.4, -0.2) is 42.9 Å². The normalized spacial score (nSPS) is 18.4. The van der Waals surface area contributed by atoms with Gasteiger partial charge in [0.05, 0.1) is 16.8 Å². The third kappa shape index (κ3) is 3.28. The van der Waals surface area contributed by atoms with Crippen molar-refractivity contribution in [3.05, 3.63) is 29.3 Å². The first-order valence-electron chi connectivity index (χ1n) is 6.89. The maximum Gasteiger partial charge on any atom is 0.149 e. The number of halogens is 1. The smallest absolute Gasteiger partial charge is 0.149 e. The van der Waals surface area contributed by atoms with Gasteiger partial charge in [-0.1, -0.05) is 30.7 Å². The van der Waals surface area contributed by atoms with Gasteiger partial charge in [-0.15, -0.1) is 0 Å². The predicted octanol–water partition coefficient (Wildman–Crippen LogP) is 2.83. The molecular formula is C15H21ClN2O. The van der Waals surface area contributed by atoms with Crippen LogP contribution in [0.3, 0.4) is 0 Å². The molecule has 1 aliphatic rings. The number of hydrogen-bond donors (Lipinski definition) is 0. The summed E-state index contributed by atoms with van der Waals surface area (Å²) in [5.74, 6) is 0.325. The molecule has 1 aromatic carbocycles. The Balaban J connectivity index is 1.96. The molecule has 19 heavy (non-hydrogen) atoms. The average molecular weight is 281 g/mol. The molecule has 0 spiro atoms. The second kappa shape index (κ2) is 6.40. The van der Waals surface area contributed by atoms with E-state index in [1.54, 1.807) is 0 Å². The molecule has 0 bridgehead atoms. The van der Waals surface area contributed by atoms with Crippen molar-refractivity contribution in [2.24, 2.45) is 0 Å². The van der Waals surface area contributed by atoms with Crippen LogP contribution < -0.4 is 4.90 Å². The topological polar surface area (TPSA) is 23.6 Å². The molecule has 1 heterocycles. The lowest BCUT2D eigenvalue weighted by Gasteiger charge is -2.38. The summed E-state index contributed by atoms with van der Waals surface area (Å²) in [7, 11) is 0. The average Bonchev–Trinajstić information content (AvgIpc) is 2.46. The van der Waals surface area contributed by atoms with Gasteiger partial charge in [0.2, 0.25) is 0 Å². The zero-order valence-electron chi connectivity index (χ0n) is 11.6. The van der Waals surface area contributed by atoms with Crippen molar-refractivity contribution >= 4 is 23.1 Å². The summed E-state index contributed by atoms with van der Waals surface area (Å²) < 4.78 is 0. The standard InChI is InChI=1S/C15H21ClN2O/c1-3-15(19)12(2)17-8-10-18(11-9-17)14-7-5-4-6-13(14)16/h4-7,12H,3,8-11H2,1-2H3. The minimum Gasteiger partial charge on any atom is -0.368 e. The molecule has 0 radical (unpaired) electrons. The van der Waals surface area contributed by atoms with Gasteiger partial charge in [0.1, 0.15) is 5.78 Å². The second-order valence-electron chi connectivity index (χ2n) is 4.97. The van der Waals surface area contributed by atoms with E-state index in [0.717, 1.165) is 36.9 Å². The quantitative estimate of drug-likeness (QED) is 0.847. The van der Waals surface area contributed by atoms with Crippen LogP contribution in [0.15, 0.2) is 24.3 Å². The first-order chi connectivity index (χ1) is 9.13. The molecule has 1 aromatic rings. The van der Waals surface area contributed by atoms with Gasteiger partial charge < -0.3 is 4.90 Å². The molecular weight excluding hydrogens is 260 g/mol. The fraction of sp³-hybridized carbons (Fsp3) is 0.533. The number of hydrogen-bond acceptors (Lipinski definition) is 3. The largest absolute Gasteiger partial charge is 0.368 e. The van der Waals surface area contributed by atoms with Gasteiger partial charge in [-0.3, -0.25) is 9.69 Å². The van der Waals surface area contributed by atoms with Crippen LogP contribution in [0.2, 0.25) is 5.02 Å². The van der Waals surface area contributed by atoms with E-state index < -0.39 is 0 Å². The number of rotatable bonds is 4. The molecule has 1 aliphatic heterocycles. The number of benzene rings is 1. The zero-order valence-corrected chi connectivity index (χ0v) is 12.4. The van der Waals surface area contributed by atoms with E-state index in [-0.39, 0.29) is 6.04 Å². The van der Waals surface area contributed by atoms with Crippen LogP contribution >= 0.6 is 11.6 Å². The maximum absolute atomic E-state index is 11.7. The van der Waals surface area contributed by atoms with Gasteiger partial charge in [0.15, 0.2) is 0 Å². The van der Waals surface area contributed by atoms with Crippen LogP contribution in [0, 0.1) is 0 Å². The van der Waals surface area contributed by atoms with Gasteiger partial charge in [-0.2, -0.15) is 0 Å². The Labute approximate surface area is 120 Å². The molecule has 1 fully saturated rings. The molecule has 0 aromatic heterocycles. The van der Waals surface area contributed by atoms with Crippen molar-refractivity contribution in [1.29, 1.82) is 0 Å². The Hall–Kier alpha value is -1.06. The second-order valence-corrected chi connectivity index (χ2v) is 5.38. The lowest BCUT2D eigenvalue weighted by atomic mass is 10.1. The van der Waals surface area contributed by atoms with Crippen molar-refractivity contribution in [1.82, 2.24) is 4.90 Å². The Morgan fingerprint density at radius 1 is 1.26 bits per heavy atom. The number of anilines is 1. The first-order valence-corrected chi connectivity index (χ1v) is 7.27. The molecule has 2 rings (SSSR count). The number of carbonyl (C=O) groups is 1. The third-order valence-corrected chi connectivity index (χ3v) is 4.19. The summed E-state index contributed by atoms with van der Waals surface area (Å²) in [5.41, 5.74) is 1.10. The number of carbonyl (C=O) groups excluding carboxylic acids is 1. The highest BCUT2D eigenvalue weighted by atomic mass is 35.5. The van der Waals surface area contributed by atoms with Gasteiger partial charge >= 0.3 is 0 Å². The van der Waals surface area contributed by atoms with E-state index in [2.05, 4.69) is 15.9 Å². The summed E-state index contributed by atoms with van der Waals surface area (Å²) in [5, 5.41) is 0.800. The Bertz CT molecular complexity index is 442. The van der Waals surface area contributed by atoms with E-state index in [1.807, 2.05) is 32.0 Å². The van der Waals surface area contributed by atoms with Gasteiger partial charge in [0.25, 0.3) is 0 Å². The van der Waals surface area contributed by atoms with Crippen LogP contribution in [0.5, 0.6) is 0 Å². The molecule has 1 saturated heterocycles. The van der Waals surface area contributed by atoms with Crippen LogP contribution in [-0.2, 0) is 4.79 Å². The Morgan fingerprint density at radius 2 is 1.89 bits per heavy atom. The molecule has 0 aliphatic carbocycles. The van der Waals surface area contributed by atoms with Crippen LogP contribution in [0.1, 0.15) is 20.3 Å². The van der Waals surface area contributed by atoms with E-state index in [0.29, 0.717) is 12.2 Å². The van der Waals surface area contributed by atoms with E-state index in [9.17, 15) is 4.79 Å². The fourth-order valence-electron chi connectivity index (χ4n) is 2.56. The molecule has 3 nitrogen and oxygen atoms in total. The lowest BCUT2D eigenvalue weighted by Crippen LogP contribution is -2.51. The predicted molar refractivity (Wildman–Crippen MR) is 80.0 cm³/mol. The number of para-hydroxylation sites is 1. The molecule has 0 amide bonds. The molecule has 4 heteroatoms. The number of nitrogens with zero attached hydrogens (tertiary/aromatic N) is 2. The van der Waals surface area contributed by atoms with E-state index in [1.165, 1.54) is 0 Å². The van der Waals surface area contributed by atoms with Gasteiger partial charge in [-0.25, -0.2) is 0 Å². The Kier molecular flexibility index (Phi) is 4.83. The van der Waals surface area contributed by atoms with E-state index >= 15 is 0 Å². The monoisotopic (exact) mass is 280 g/mol. The Morgan fingerprint density at radius 3 is 2.47 bits per heavy atom. The summed E-state index contributed by atoms with van der Waals surface area (Å²) in [4.78, 5) is 16.3. The highest BCUT2D eigenvalue weighted by Gasteiger charge is 2.25. The number of Topliss-reactive ketones (excluding diaryl/α,β-unsaturated/α-hetero) is 1. The molecule has 104 valence electrons. The van der Waals surface area contributed by atoms with Crippen molar-refractivity contribution in [2.75, 3.05) is 31.1 Å². The molecule has 0 N–H and O–H groups in total. The summed E-state index contributed by atoms with van der Waals surface area (Å²) in [6.45, 7) is 7.61. The van der Waals surface area contributed by atoms with Crippen molar-refractivity contribution in [2.45, 2.75) is 26.3 Å². The van der Waals surface area contributed by atoms with Crippen LogP contribution in [0.4, 0.5) is 5.69 Å². The zero-order chi connectivity index (χ0) is 13.8. The fourth-order valence-corrected chi connectivity index (χ4v) is 2.81. The lowest BCUT2D eigenvalue weighted by molar-refractivity contribution is -0.123. The van der Waals surface area contributed by atoms with Gasteiger partial charge in [0, 0.05) is 32.6 Å². The minimum atomic E-state index is 0.0402. The third-order valence-electron chi connectivity index (χ3n) is 3.87. The first kappa shape index (κ1) is 14.4. The molecule has 1 atom stereocenters. The highest BCUT2D eigenvalue weighted by molar-refractivity contribution is 6.33. The van der Waals surface area contributed by atoms with Crippen LogP contribution in [0.25, 0.3) is 0 Å². The maximum atomic E-state index is 11.7. The minimum absolute atomic E-state index is 0.0402. The number of piperazine rings is 1. The summed E-state index contributed by atoms with van der Waals surface area (Å²) in [6.07, 6.45) is 0.617. The van der Waals surface area contributed by atoms with Crippen molar-refractivity contribution in [3.63, 3.8) is 0 Å². The SMILES string of the molecule is CCC(=O)C(C)N1CCN(c2ccccc2Cl)CC1. The summed E-state index contributed by atoms with van der Waals surface area (Å²) >= 11 is 6.22.